The van der Waals surface area contributed by atoms with E-state index in [9.17, 15) is 9.59 Å². The van der Waals surface area contributed by atoms with Gasteiger partial charge in [-0.15, -0.1) is 0 Å². The molecule has 4 heteroatoms. The van der Waals surface area contributed by atoms with Gasteiger partial charge in [0.2, 0.25) is 11.8 Å². The number of para-hydroxylation sites is 1. The van der Waals surface area contributed by atoms with E-state index >= 15 is 0 Å². The number of fused-ring (bicyclic) bond motifs is 2. The van der Waals surface area contributed by atoms with Crippen molar-refractivity contribution < 1.29 is 9.59 Å². The molecule has 0 radical (unpaired) electrons. The van der Waals surface area contributed by atoms with Crippen molar-refractivity contribution in [2.45, 2.75) is 12.3 Å². The van der Waals surface area contributed by atoms with Crippen LogP contribution in [0.2, 0.25) is 0 Å². The van der Waals surface area contributed by atoms with Gasteiger partial charge in [-0.25, -0.2) is 0 Å². The van der Waals surface area contributed by atoms with Crippen molar-refractivity contribution in [1.29, 1.82) is 0 Å². The molecule has 1 aliphatic heterocycles. The van der Waals surface area contributed by atoms with Crippen LogP contribution in [0.5, 0.6) is 0 Å². The lowest BCUT2D eigenvalue weighted by molar-refractivity contribution is -0.125. The van der Waals surface area contributed by atoms with E-state index in [1.54, 1.807) is 0 Å². The highest BCUT2D eigenvalue weighted by molar-refractivity contribution is 6.09. The zero-order valence-electron chi connectivity index (χ0n) is 14.0. The van der Waals surface area contributed by atoms with Crippen LogP contribution < -0.4 is 5.32 Å². The Hall–Kier alpha value is -3.40. The number of carbonyl (C=O) groups excluding carboxylic acids is 2. The van der Waals surface area contributed by atoms with Crippen LogP contribution in [-0.4, -0.2) is 16.8 Å². The second-order valence-electron chi connectivity index (χ2n) is 6.69. The summed E-state index contributed by atoms with van der Waals surface area (Å²) in [5, 5.41) is 5.74. The molecule has 3 aromatic carbocycles. The molecule has 1 fully saturated rings. The molecule has 126 valence electrons. The van der Waals surface area contributed by atoms with Crippen molar-refractivity contribution in [1.82, 2.24) is 10.3 Å². The Balaban J connectivity index is 1.77. The standard InChI is InChI=1S/C22H16N2O2/c25-19-12-17(22(26)24-19)20-16-7-3-4-8-18(16)23-21(20)15-10-9-13-5-1-2-6-14(13)11-15/h1-11,17,23H,12H2,(H,24,25,26). The zero-order chi connectivity index (χ0) is 17.7. The zero-order valence-corrected chi connectivity index (χ0v) is 14.0. The summed E-state index contributed by atoms with van der Waals surface area (Å²) in [5.74, 6) is -0.892. The lowest BCUT2D eigenvalue weighted by atomic mass is 9.91. The van der Waals surface area contributed by atoms with E-state index in [1.807, 2.05) is 36.4 Å². The number of carbonyl (C=O) groups is 2. The third kappa shape index (κ3) is 2.23. The number of aromatic amines is 1. The summed E-state index contributed by atoms with van der Waals surface area (Å²) in [4.78, 5) is 27.6. The maximum atomic E-state index is 12.4. The van der Waals surface area contributed by atoms with Gasteiger partial charge in [-0.2, -0.15) is 0 Å². The van der Waals surface area contributed by atoms with Gasteiger partial charge < -0.3 is 4.98 Å². The fourth-order valence-corrected chi connectivity index (χ4v) is 3.88. The lowest BCUT2D eigenvalue weighted by Gasteiger charge is -2.10. The highest BCUT2D eigenvalue weighted by atomic mass is 16.2. The van der Waals surface area contributed by atoms with Crippen LogP contribution in [0.3, 0.4) is 0 Å². The summed E-state index contributed by atoms with van der Waals surface area (Å²) in [6.45, 7) is 0. The Morgan fingerprint density at radius 2 is 1.62 bits per heavy atom. The number of nitrogens with one attached hydrogen (secondary N) is 2. The molecular formula is C22H16N2O2. The molecule has 2 heterocycles. The minimum absolute atomic E-state index is 0.196. The van der Waals surface area contributed by atoms with Gasteiger partial charge in [-0.05, 0) is 34.0 Å². The van der Waals surface area contributed by atoms with E-state index in [0.29, 0.717) is 0 Å². The predicted molar refractivity (Wildman–Crippen MR) is 102 cm³/mol. The number of amides is 2. The van der Waals surface area contributed by atoms with Gasteiger partial charge in [-0.3, -0.25) is 14.9 Å². The van der Waals surface area contributed by atoms with E-state index in [4.69, 9.17) is 0 Å². The van der Waals surface area contributed by atoms with Crippen molar-refractivity contribution in [3.63, 3.8) is 0 Å². The monoisotopic (exact) mass is 340 g/mol. The first-order valence-corrected chi connectivity index (χ1v) is 8.64. The van der Waals surface area contributed by atoms with Crippen LogP contribution in [0.4, 0.5) is 0 Å². The van der Waals surface area contributed by atoms with Gasteiger partial charge in [0.1, 0.15) is 0 Å². The normalized spacial score (nSPS) is 17.2. The molecule has 4 aromatic rings. The van der Waals surface area contributed by atoms with Crippen molar-refractivity contribution in [2.75, 3.05) is 0 Å². The van der Waals surface area contributed by atoms with Gasteiger partial charge in [-0.1, -0.05) is 54.6 Å². The van der Waals surface area contributed by atoms with Crippen LogP contribution in [0.15, 0.2) is 66.7 Å². The summed E-state index contributed by atoms with van der Waals surface area (Å²) >= 11 is 0. The molecule has 1 atom stereocenters. The van der Waals surface area contributed by atoms with Gasteiger partial charge >= 0.3 is 0 Å². The molecule has 0 aliphatic carbocycles. The highest BCUT2D eigenvalue weighted by Gasteiger charge is 2.35. The molecule has 0 spiro atoms. The quantitative estimate of drug-likeness (QED) is 0.539. The molecule has 1 saturated heterocycles. The highest BCUT2D eigenvalue weighted by Crippen LogP contribution is 2.39. The largest absolute Gasteiger partial charge is 0.354 e. The average Bonchev–Trinajstić information content (AvgIpc) is 3.20. The third-order valence-electron chi connectivity index (χ3n) is 5.10. The van der Waals surface area contributed by atoms with Gasteiger partial charge in [0, 0.05) is 17.3 Å². The minimum Gasteiger partial charge on any atom is -0.354 e. The Kier molecular flexibility index (Phi) is 3.19. The summed E-state index contributed by atoms with van der Waals surface area (Å²) in [5.41, 5.74) is 3.80. The third-order valence-corrected chi connectivity index (χ3v) is 5.10. The Morgan fingerprint density at radius 3 is 2.42 bits per heavy atom. The second-order valence-corrected chi connectivity index (χ2v) is 6.69. The van der Waals surface area contributed by atoms with Gasteiger partial charge in [0.15, 0.2) is 0 Å². The number of hydrogen-bond acceptors (Lipinski definition) is 2. The molecule has 1 unspecified atom stereocenters. The number of H-pyrrole nitrogens is 1. The van der Waals surface area contributed by atoms with E-state index in [2.05, 4.69) is 40.6 Å². The fourth-order valence-electron chi connectivity index (χ4n) is 3.88. The molecule has 0 bridgehead atoms. The number of hydrogen-bond donors (Lipinski definition) is 2. The number of imide groups is 1. The summed E-state index contributed by atoms with van der Waals surface area (Å²) in [7, 11) is 0. The molecule has 5 rings (SSSR count). The van der Waals surface area contributed by atoms with Crippen LogP contribution in [0.1, 0.15) is 17.9 Å². The van der Waals surface area contributed by atoms with Gasteiger partial charge in [0.05, 0.1) is 11.6 Å². The fraction of sp³-hybridized carbons (Fsp3) is 0.0909. The smallest absolute Gasteiger partial charge is 0.234 e. The maximum Gasteiger partial charge on any atom is 0.234 e. The number of rotatable bonds is 2. The van der Waals surface area contributed by atoms with Crippen LogP contribution in [0.25, 0.3) is 32.9 Å². The molecule has 2 amide bonds. The van der Waals surface area contributed by atoms with Crippen LogP contribution in [0, 0.1) is 0 Å². The van der Waals surface area contributed by atoms with Crippen molar-refractivity contribution in [2.24, 2.45) is 0 Å². The maximum absolute atomic E-state index is 12.4. The van der Waals surface area contributed by atoms with E-state index in [1.165, 1.54) is 5.39 Å². The van der Waals surface area contributed by atoms with Crippen LogP contribution in [-0.2, 0) is 9.59 Å². The summed E-state index contributed by atoms with van der Waals surface area (Å²) in [6, 6.07) is 22.4. The van der Waals surface area contributed by atoms with Crippen LogP contribution >= 0.6 is 0 Å². The van der Waals surface area contributed by atoms with E-state index in [-0.39, 0.29) is 18.2 Å². The lowest BCUT2D eigenvalue weighted by Crippen LogP contribution is -2.21. The molecule has 1 aliphatic rings. The van der Waals surface area contributed by atoms with Gasteiger partial charge in [0.25, 0.3) is 0 Å². The van der Waals surface area contributed by atoms with Crippen molar-refractivity contribution in [3.8, 4) is 11.3 Å². The number of benzene rings is 3. The number of aromatic nitrogens is 1. The molecular weight excluding hydrogens is 324 g/mol. The average molecular weight is 340 g/mol. The van der Waals surface area contributed by atoms with Crippen molar-refractivity contribution >= 4 is 33.5 Å². The first-order chi connectivity index (χ1) is 12.7. The first kappa shape index (κ1) is 14.9. The summed E-state index contributed by atoms with van der Waals surface area (Å²) < 4.78 is 0. The van der Waals surface area contributed by atoms with Crippen molar-refractivity contribution in [3.05, 3.63) is 72.3 Å². The molecule has 1 aromatic heterocycles. The Labute approximate surface area is 149 Å². The SMILES string of the molecule is O=C1CC(c2c(-c3ccc4ccccc4c3)[nH]c3ccccc23)C(=O)N1. The topological polar surface area (TPSA) is 62.0 Å². The summed E-state index contributed by atoms with van der Waals surface area (Å²) in [6.07, 6.45) is 0.196. The molecule has 26 heavy (non-hydrogen) atoms. The molecule has 2 N–H and O–H groups in total. The minimum atomic E-state index is -0.458. The first-order valence-electron chi connectivity index (χ1n) is 8.64. The van der Waals surface area contributed by atoms with E-state index in [0.717, 1.165) is 33.1 Å². The Morgan fingerprint density at radius 1 is 0.846 bits per heavy atom. The second kappa shape index (κ2) is 5.56. The Bertz CT molecular complexity index is 1190. The molecule has 4 nitrogen and oxygen atoms in total. The van der Waals surface area contributed by atoms with E-state index < -0.39 is 5.92 Å². The predicted octanol–water partition coefficient (Wildman–Crippen LogP) is 4.12. The molecule has 0 saturated carbocycles.